The molecule has 1 aromatic carbocycles. The van der Waals surface area contributed by atoms with Crippen LogP contribution in [0.1, 0.15) is 90.7 Å². The second-order valence-corrected chi connectivity index (χ2v) is 12.2. The summed E-state index contributed by atoms with van der Waals surface area (Å²) in [6.45, 7) is 14.6. The predicted molar refractivity (Wildman–Crippen MR) is 145 cm³/mol. The molecule has 3 N–H and O–H groups in total. The largest absolute Gasteiger partial charge is 0.507 e. The third-order valence-electron chi connectivity index (χ3n) is 6.50. The second kappa shape index (κ2) is 13.3. The average molecular weight is 536 g/mol. The summed E-state index contributed by atoms with van der Waals surface area (Å²) in [4.78, 5) is 24.5. The van der Waals surface area contributed by atoms with Crippen LogP contribution < -0.4 is 9.61 Å². The summed E-state index contributed by atoms with van der Waals surface area (Å²) in [7, 11) is -4.55. The lowest BCUT2D eigenvalue weighted by Crippen LogP contribution is -2.35. The Labute approximate surface area is 220 Å². The molecule has 0 saturated carbocycles. The van der Waals surface area contributed by atoms with E-state index in [2.05, 4.69) is 18.6 Å². The van der Waals surface area contributed by atoms with Gasteiger partial charge in [-0.2, -0.15) is 0 Å². The van der Waals surface area contributed by atoms with Crippen molar-refractivity contribution >= 4 is 19.2 Å². The number of hydrogen-bond acceptors (Lipinski definition) is 6. The number of hydrogen-bond donors (Lipinski definition) is 3. The number of rotatable bonds is 13. The van der Waals surface area contributed by atoms with E-state index >= 15 is 0 Å². The van der Waals surface area contributed by atoms with Crippen LogP contribution in [0.4, 0.5) is 4.79 Å². The molecule has 1 unspecified atom stereocenters. The highest BCUT2D eigenvalue weighted by atomic mass is 31.2. The number of nitrogens with one attached hydrogen (secondary N) is 1. The van der Waals surface area contributed by atoms with Gasteiger partial charge in [0, 0.05) is 11.5 Å². The Balaban J connectivity index is 2.70. The highest BCUT2D eigenvalue weighted by Gasteiger charge is 2.42. The van der Waals surface area contributed by atoms with E-state index in [4.69, 9.17) is 9.26 Å². The summed E-state index contributed by atoms with van der Waals surface area (Å²) < 4.78 is 25.1. The highest BCUT2D eigenvalue weighted by molar-refractivity contribution is 7.74. The summed E-state index contributed by atoms with van der Waals surface area (Å²) in [5.41, 5.74) is 2.06. The maximum atomic E-state index is 13.9. The topological polar surface area (TPSA) is 122 Å². The van der Waals surface area contributed by atoms with E-state index in [9.17, 15) is 24.4 Å². The van der Waals surface area contributed by atoms with Crippen molar-refractivity contribution in [2.75, 3.05) is 0 Å². The number of allylic oxidation sites excluding steroid dienone is 3. The molecule has 1 aromatic rings. The zero-order valence-electron chi connectivity index (χ0n) is 22.9. The molecular formula is C28H42NO7P. The first-order chi connectivity index (χ1) is 17.3. The molecule has 1 aliphatic carbocycles. The molecule has 37 heavy (non-hydrogen) atoms. The zero-order chi connectivity index (χ0) is 27.9. The minimum atomic E-state index is -4.55. The monoisotopic (exact) mass is 535 g/mol. The number of phenolic OH excluding ortho intramolecular Hbond substituents is 1. The third-order valence-corrected chi connectivity index (χ3v) is 8.27. The fraction of sp³-hybridized carbons (Fsp3) is 0.571. The Hall–Kier alpha value is -2.57. The van der Waals surface area contributed by atoms with Gasteiger partial charge in [-0.15, -0.1) is 0 Å². The summed E-state index contributed by atoms with van der Waals surface area (Å²) in [5.74, 6) is -1.58. The number of carboxylic acid groups (broad SMARTS) is 1. The molecule has 8 nitrogen and oxygen atoms in total. The zero-order valence-corrected chi connectivity index (χ0v) is 23.8. The lowest BCUT2D eigenvalue weighted by molar-refractivity contribution is -0.138. The first-order valence-electron chi connectivity index (χ1n) is 13.0. The number of aromatic hydroxyl groups is 1. The van der Waals surface area contributed by atoms with Crippen molar-refractivity contribution in [2.24, 2.45) is 5.92 Å². The van der Waals surface area contributed by atoms with Crippen LogP contribution in [0.15, 0.2) is 35.9 Å². The minimum absolute atomic E-state index is 0.00389. The van der Waals surface area contributed by atoms with Crippen molar-refractivity contribution in [2.45, 2.75) is 98.1 Å². The molecule has 9 heteroatoms. The molecule has 0 saturated heterocycles. The predicted octanol–water partition coefficient (Wildman–Crippen LogP) is 7.32. The van der Waals surface area contributed by atoms with Gasteiger partial charge in [0.2, 0.25) is 0 Å². The van der Waals surface area contributed by atoms with Crippen molar-refractivity contribution in [3.05, 3.63) is 47.1 Å². The van der Waals surface area contributed by atoms with Gasteiger partial charge in [0.15, 0.2) is 0 Å². The van der Waals surface area contributed by atoms with Crippen molar-refractivity contribution in [3.63, 3.8) is 0 Å². The van der Waals surface area contributed by atoms with E-state index in [1.54, 1.807) is 26.0 Å². The number of benzene rings is 1. The van der Waals surface area contributed by atoms with Crippen LogP contribution in [0.3, 0.4) is 0 Å². The molecule has 0 amide bonds. The highest BCUT2D eigenvalue weighted by Crippen LogP contribution is 2.52. The van der Waals surface area contributed by atoms with Gasteiger partial charge in [0.05, 0.1) is 6.10 Å². The molecule has 0 bridgehead atoms. The smallest absolute Gasteiger partial charge is 0.424 e. The van der Waals surface area contributed by atoms with Gasteiger partial charge in [-0.3, -0.25) is 4.79 Å². The van der Waals surface area contributed by atoms with Crippen molar-refractivity contribution in [1.29, 1.82) is 0 Å². The molecule has 0 radical (unpaired) electrons. The maximum absolute atomic E-state index is 13.9. The molecule has 4 atom stereocenters. The lowest BCUT2D eigenvalue weighted by atomic mass is 9.73. The van der Waals surface area contributed by atoms with Gasteiger partial charge in [0.1, 0.15) is 17.5 Å². The molecule has 0 aliphatic heterocycles. The molecular weight excluding hydrogens is 493 g/mol. The Morgan fingerprint density at radius 1 is 1.24 bits per heavy atom. The van der Waals surface area contributed by atoms with Crippen LogP contribution in [0.25, 0.3) is 0 Å². The Kier molecular flexibility index (Phi) is 11.0. The van der Waals surface area contributed by atoms with Crippen LogP contribution in [0, 0.1) is 5.92 Å². The lowest BCUT2D eigenvalue weighted by Gasteiger charge is -2.33. The fourth-order valence-corrected chi connectivity index (χ4v) is 6.17. The second-order valence-electron chi connectivity index (χ2n) is 10.3. The van der Waals surface area contributed by atoms with E-state index in [1.807, 2.05) is 19.9 Å². The van der Waals surface area contributed by atoms with Crippen LogP contribution in [-0.2, 0) is 20.5 Å². The summed E-state index contributed by atoms with van der Waals surface area (Å²) in [6.07, 6.45) is 6.71. The number of aliphatic carboxylic acids is 1. The fourth-order valence-electron chi connectivity index (χ4n) is 4.54. The molecule has 0 spiro atoms. The number of carbonyl (C=O) groups is 2. The molecule has 0 fully saturated rings. The number of aryl methyl sites for hydroxylation is 1. The van der Waals surface area contributed by atoms with Gasteiger partial charge in [-0.25, -0.2) is 14.4 Å². The molecule has 206 valence electrons. The summed E-state index contributed by atoms with van der Waals surface area (Å²) in [6, 6.07) is 2.03. The van der Waals surface area contributed by atoms with Crippen LogP contribution in [0.2, 0.25) is 0 Å². The quantitative estimate of drug-likeness (QED) is 0.136. The molecule has 0 aromatic heterocycles. The van der Waals surface area contributed by atoms with Crippen LogP contribution in [0.5, 0.6) is 11.5 Å². The number of carbonyl (C=O) groups excluding carboxylic acids is 1. The Morgan fingerprint density at radius 3 is 2.49 bits per heavy atom. The third kappa shape index (κ3) is 8.21. The van der Waals surface area contributed by atoms with Gasteiger partial charge in [0.25, 0.3) is 0 Å². The van der Waals surface area contributed by atoms with Crippen molar-refractivity contribution in [3.8, 4) is 11.5 Å². The number of ether oxygens (including phenoxy) is 1. The van der Waals surface area contributed by atoms with Gasteiger partial charge in [-0.1, -0.05) is 43.6 Å². The van der Waals surface area contributed by atoms with Crippen molar-refractivity contribution < 1.29 is 33.6 Å². The van der Waals surface area contributed by atoms with E-state index in [0.29, 0.717) is 12.0 Å². The maximum Gasteiger partial charge on any atom is 0.424 e. The SMILES string of the molecule is C=C(C)[C@@H]1CCC(C)=C[C@H]1c1c(O)cc(CCCCC)cc1OP(=O)(N[C@@H](C)C(=O)O)C(=O)OC(C)C. The Morgan fingerprint density at radius 2 is 1.92 bits per heavy atom. The van der Waals surface area contributed by atoms with Gasteiger partial charge >= 0.3 is 19.2 Å². The van der Waals surface area contributed by atoms with Crippen LogP contribution in [-0.4, -0.2) is 34.0 Å². The van der Waals surface area contributed by atoms with E-state index in [1.165, 1.54) is 6.92 Å². The number of phenols is 1. The number of unbranched alkanes of at least 4 members (excludes halogenated alkanes) is 2. The molecule has 1 aliphatic rings. The van der Waals surface area contributed by atoms with E-state index in [0.717, 1.165) is 48.8 Å². The number of carboxylic acids is 1. The summed E-state index contributed by atoms with van der Waals surface area (Å²) in [5, 5.41) is 23.0. The summed E-state index contributed by atoms with van der Waals surface area (Å²) >= 11 is 0. The molecule has 0 heterocycles. The van der Waals surface area contributed by atoms with Gasteiger partial charge < -0.3 is 19.5 Å². The normalized spacial score (nSPS) is 20.0. The Bertz CT molecular complexity index is 1080. The average Bonchev–Trinajstić information content (AvgIpc) is 2.78. The minimum Gasteiger partial charge on any atom is -0.507 e. The van der Waals surface area contributed by atoms with Gasteiger partial charge in [-0.05, 0) is 83.9 Å². The first kappa shape index (κ1) is 30.7. The van der Waals surface area contributed by atoms with Crippen LogP contribution >= 0.6 is 7.52 Å². The standard InChI is InChI=1S/C28H42NO7P/c1-8-9-10-11-21-15-24(30)26(23-14-19(6)12-13-22(23)17(2)3)25(16-21)36-37(34,28(33)35-18(4)5)29-20(7)27(31)32/h14-16,18,20,22-23,30H,2,8-13H2,1,3-7H3,(H,29,34)(H,31,32)/t20-,22-,23+,37?/m0/s1. The molecule has 2 rings (SSSR count). The van der Waals surface area contributed by atoms with E-state index < -0.39 is 31.3 Å². The van der Waals surface area contributed by atoms with Crippen molar-refractivity contribution in [1.82, 2.24) is 5.09 Å². The first-order valence-corrected chi connectivity index (χ1v) is 14.6. The van der Waals surface area contributed by atoms with E-state index in [-0.39, 0.29) is 23.3 Å².